The Kier molecular flexibility index (Phi) is 4.83. The first-order chi connectivity index (χ1) is 8.19. The zero-order chi connectivity index (χ0) is 12.3. The van der Waals surface area contributed by atoms with Crippen LogP contribution in [0.25, 0.3) is 0 Å². The first-order valence-electron chi connectivity index (χ1n) is 7.41. The van der Waals surface area contributed by atoms with Gasteiger partial charge in [-0.05, 0) is 45.1 Å². The van der Waals surface area contributed by atoms with E-state index in [1.807, 2.05) is 0 Å². The molecule has 2 rings (SSSR count). The number of nitrogens with zero attached hydrogens (tertiary/aromatic N) is 2. The lowest BCUT2D eigenvalue weighted by Gasteiger charge is -2.41. The molecule has 0 radical (unpaired) electrons. The quantitative estimate of drug-likeness (QED) is 0.811. The summed E-state index contributed by atoms with van der Waals surface area (Å²) in [4.78, 5) is 5.27. The zero-order valence-electron chi connectivity index (χ0n) is 11.6. The molecule has 0 bridgehead atoms. The average molecular weight is 239 g/mol. The molecule has 1 saturated heterocycles. The Labute approximate surface area is 106 Å². The van der Waals surface area contributed by atoms with E-state index >= 15 is 0 Å². The third-order valence-corrected chi connectivity index (χ3v) is 4.66. The normalized spacial score (nSPS) is 37.2. The summed E-state index contributed by atoms with van der Waals surface area (Å²) in [6.07, 6.45) is 5.19. The lowest BCUT2D eigenvalue weighted by Crippen LogP contribution is -2.52. The highest BCUT2D eigenvalue weighted by Gasteiger charge is 2.26. The minimum atomic E-state index is 0.488. The van der Waals surface area contributed by atoms with E-state index < -0.39 is 0 Å². The Bertz CT molecular complexity index is 224. The molecule has 2 aliphatic rings. The van der Waals surface area contributed by atoms with Gasteiger partial charge in [-0.2, -0.15) is 0 Å². The van der Waals surface area contributed by atoms with E-state index in [-0.39, 0.29) is 0 Å². The van der Waals surface area contributed by atoms with E-state index in [0.29, 0.717) is 6.04 Å². The van der Waals surface area contributed by atoms with E-state index in [0.717, 1.165) is 12.0 Å². The molecule has 3 heteroatoms. The molecule has 1 aliphatic heterocycles. The van der Waals surface area contributed by atoms with Crippen LogP contribution < -0.4 is 5.73 Å². The second-order valence-electron chi connectivity index (χ2n) is 6.02. The van der Waals surface area contributed by atoms with Gasteiger partial charge >= 0.3 is 0 Å². The van der Waals surface area contributed by atoms with Gasteiger partial charge in [0.1, 0.15) is 0 Å². The minimum Gasteiger partial charge on any atom is -0.328 e. The smallest absolute Gasteiger partial charge is 0.0195 e. The summed E-state index contributed by atoms with van der Waals surface area (Å²) in [7, 11) is 0. The molecule has 0 amide bonds. The van der Waals surface area contributed by atoms with Crippen molar-refractivity contribution in [3.05, 3.63) is 0 Å². The molecule has 0 aromatic rings. The van der Waals surface area contributed by atoms with Gasteiger partial charge in [0.15, 0.2) is 0 Å². The SMILES string of the molecule is CCN1CCN(CC2CCC(N)CC2)CC1C. The fourth-order valence-electron chi connectivity index (χ4n) is 3.44. The van der Waals surface area contributed by atoms with E-state index in [1.165, 1.54) is 58.4 Å². The molecule has 2 N–H and O–H groups in total. The Morgan fingerprint density at radius 1 is 1.12 bits per heavy atom. The number of likely N-dealkylation sites (N-methyl/N-ethyl adjacent to an activating group) is 1. The van der Waals surface area contributed by atoms with Crippen LogP contribution >= 0.6 is 0 Å². The van der Waals surface area contributed by atoms with Crippen LogP contribution in [0, 0.1) is 5.92 Å². The minimum absolute atomic E-state index is 0.488. The molecule has 0 spiro atoms. The summed E-state index contributed by atoms with van der Waals surface area (Å²) in [5, 5.41) is 0. The van der Waals surface area contributed by atoms with Crippen LogP contribution in [0.5, 0.6) is 0 Å². The van der Waals surface area contributed by atoms with Crippen molar-refractivity contribution in [3.8, 4) is 0 Å². The Balaban J connectivity index is 1.73. The van der Waals surface area contributed by atoms with Gasteiger partial charge in [-0.15, -0.1) is 0 Å². The Morgan fingerprint density at radius 2 is 1.82 bits per heavy atom. The van der Waals surface area contributed by atoms with Crippen molar-refractivity contribution >= 4 is 0 Å². The molecular formula is C14H29N3. The lowest BCUT2D eigenvalue weighted by atomic mass is 9.86. The standard InChI is InChI=1S/C14H29N3/c1-3-17-9-8-16(10-12(17)2)11-13-4-6-14(15)7-5-13/h12-14H,3-11,15H2,1-2H3. The van der Waals surface area contributed by atoms with Crippen LogP contribution in [0.4, 0.5) is 0 Å². The lowest BCUT2D eigenvalue weighted by molar-refractivity contribution is 0.0712. The maximum atomic E-state index is 5.97. The van der Waals surface area contributed by atoms with Crippen molar-refractivity contribution in [2.24, 2.45) is 11.7 Å². The third-order valence-electron chi connectivity index (χ3n) is 4.66. The molecule has 2 fully saturated rings. The summed E-state index contributed by atoms with van der Waals surface area (Å²) < 4.78 is 0. The van der Waals surface area contributed by atoms with Gasteiger partial charge in [-0.3, -0.25) is 4.90 Å². The summed E-state index contributed by atoms with van der Waals surface area (Å²) in [5.41, 5.74) is 5.97. The molecule has 0 aromatic heterocycles. The molecular weight excluding hydrogens is 210 g/mol. The summed E-state index contributed by atoms with van der Waals surface area (Å²) >= 11 is 0. The van der Waals surface area contributed by atoms with E-state index in [4.69, 9.17) is 5.73 Å². The number of hydrogen-bond donors (Lipinski definition) is 1. The van der Waals surface area contributed by atoms with Crippen LogP contribution in [-0.2, 0) is 0 Å². The summed E-state index contributed by atoms with van der Waals surface area (Å²) in [6.45, 7) is 10.9. The van der Waals surface area contributed by atoms with Gasteiger partial charge in [0.2, 0.25) is 0 Å². The van der Waals surface area contributed by atoms with Crippen LogP contribution in [0.3, 0.4) is 0 Å². The zero-order valence-corrected chi connectivity index (χ0v) is 11.6. The molecule has 100 valence electrons. The molecule has 1 saturated carbocycles. The summed E-state index contributed by atoms with van der Waals surface area (Å²) in [5.74, 6) is 0.912. The van der Waals surface area contributed by atoms with Gasteiger partial charge in [0.05, 0.1) is 0 Å². The number of piperazine rings is 1. The maximum Gasteiger partial charge on any atom is 0.0195 e. The monoisotopic (exact) mass is 239 g/mol. The maximum absolute atomic E-state index is 5.97. The van der Waals surface area contributed by atoms with Crippen LogP contribution in [-0.4, -0.2) is 54.6 Å². The van der Waals surface area contributed by atoms with Gasteiger partial charge in [-0.1, -0.05) is 6.92 Å². The van der Waals surface area contributed by atoms with Crippen molar-refractivity contribution in [2.75, 3.05) is 32.7 Å². The highest BCUT2D eigenvalue weighted by molar-refractivity contribution is 4.82. The van der Waals surface area contributed by atoms with Crippen molar-refractivity contribution in [3.63, 3.8) is 0 Å². The van der Waals surface area contributed by atoms with E-state index in [1.54, 1.807) is 0 Å². The largest absolute Gasteiger partial charge is 0.328 e. The van der Waals surface area contributed by atoms with Crippen molar-refractivity contribution in [1.29, 1.82) is 0 Å². The fourth-order valence-corrected chi connectivity index (χ4v) is 3.44. The van der Waals surface area contributed by atoms with Gasteiger partial charge in [-0.25, -0.2) is 0 Å². The molecule has 1 aliphatic carbocycles. The molecule has 0 aromatic carbocycles. The fraction of sp³-hybridized carbons (Fsp3) is 1.00. The van der Waals surface area contributed by atoms with Crippen molar-refractivity contribution in [2.45, 2.75) is 51.6 Å². The van der Waals surface area contributed by atoms with Gasteiger partial charge in [0, 0.05) is 38.3 Å². The predicted molar refractivity (Wildman–Crippen MR) is 73.1 cm³/mol. The topological polar surface area (TPSA) is 32.5 Å². The molecule has 1 atom stereocenters. The van der Waals surface area contributed by atoms with Gasteiger partial charge in [0.25, 0.3) is 0 Å². The second kappa shape index (κ2) is 6.17. The molecule has 1 heterocycles. The predicted octanol–water partition coefficient (Wildman–Crippen LogP) is 1.53. The highest BCUT2D eigenvalue weighted by Crippen LogP contribution is 2.24. The molecule has 17 heavy (non-hydrogen) atoms. The van der Waals surface area contributed by atoms with Crippen LogP contribution in [0.15, 0.2) is 0 Å². The van der Waals surface area contributed by atoms with E-state index in [9.17, 15) is 0 Å². The molecule has 3 nitrogen and oxygen atoms in total. The van der Waals surface area contributed by atoms with Crippen LogP contribution in [0.2, 0.25) is 0 Å². The van der Waals surface area contributed by atoms with Gasteiger partial charge < -0.3 is 10.6 Å². The van der Waals surface area contributed by atoms with E-state index in [2.05, 4.69) is 23.6 Å². The average Bonchev–Trinajstić information content (AvgIpc) is 2.32. The Morgan fingerprint density at radius 3 is 2.41 bits per heavy atom. The third kappa shape index (κ3) is 3.67. The van der Waals surface area contributed by atoms with Crippen molar-refractivity contribution in [1.82, 2.24) is 9.80 Å². The first-order valence-corrected chi connectivity index (χ1v) is 7.41. The summed E-state index contributed by atoms with van der Waals surface area (Å²) in [6, 6.07) is 1.22. The second-order valence-corrected chi connectivity index (χ2v) is 6.02. The highest BCUT2D eigenvalue weighted by atomic mass is 15.3. The number of rotatable bonds is 3. The van der Waals surface area contributed by atoms with Crippen molar-refractivity contribution < 1.29 is 0 Å². The molecule has 1 unspecified atom stereocenters. The van der Waals surface area contributed by atoms with Crippen LogP contribution in [0.1, 0.15) is 39.5 Å². The Hall–Kier alpha value is -0.120. The number of hydrogen-bond acceptors (Lipinski definition) is 3. The first kappa shape index (κ1) is 13.3. The number of nitrogens with two attached hydrogens (primary N) is 1.